The summed E-state index contributed by atoms with van der Waals surface area (Å²) < 4.78 is 6.11. The molecule has 0 aliphatic carbocycles. The first-order valence-corrected chi connectivity index (χ1v) is 13.1. The van der Waals surface area contributed by atoms with E-state index in [2.05, 4.69) is 36.2 Å². The summed E-state index contributed by atoms with van der Waals surface area (Å²) in [7, 11) is 1.99. The van der Waals surface area contributed by atoms with E-state index in [1.807, 2.05) is 24.1 Å². The number of unbranched alkanes of at least 4 members (excludes halogenated alkanes) is 1. The second-order valence-corrected chi connectivity index (χ2v) is 10.1. The van der Waals surface area contributed by atoms with Gasteiger partial charge in [0.05, 0.1) is 6.61 Å². The number of amides is 1. The van der Waals surface area contributed by atoms with Crippen LogP contribution in [-0.4, -0.2) is 61.6 Å². The fraction of sp³-hybridized carbons (Fsp3) is 0.536. The van der Waals surface area contributed by atoms with E-state index in [-0.39, 0.29) is 5.91 Å². The highest BCUT2D eigenvalue weighted by Gasteiger charge is 2.37. The summed E-state index contributed by atoms with van der Waals surface area (Å²) in [6.45, 7) is 8.69. The molecule has 2 aliphatic heterocycles. The summed E-state index contributed by atoms with van der Waals surface area (Å²) in [5, 5.41) is 3.85. The Hall–Kier alpha value is -2.08. The van der Waals surface area contributed by atoms with Crippen LogP contribution >= 0.6 is 11.6 Å². The van der Waals surface area contributed by atoms with Gasteiger partial charge in [0.2, 0.25) is 0 Å². The van der Waals surface area contributed by atoms with Crippen LogP contribution < -0.4 is 10.1 Å². The Morgan fingerprint density at radius 1 is 1.06 bits per heavy atom. The molecule has 2 aromatic rings. The predicted molar refractivity (Wildman–Crippen MR) is 139 cm³/mol. The zero-order valence-electron chi connectivity index (χ0n) is 20.8. The molecule has 2 saturated heterocycles. The van der Waals surface area contributed by atoms with Crippen LogP contribution in [0.3, 0.4) is 0 Å². The van der Waals surface area contributed by atoms with Crippen LogP contribution in [0.5, 0.6) is 5.75 Å². The summed E-state index contributed by atoms with van der Waals surface area (Å²) in [5.41, 5.74) is 4.74. The third kappa shape index (κ3) is 5.59. The molecular formula is C28H38ClN3O2. The Morgan fingerprint density at radius 3 is 2.62 bits per heavy atom. The first-order chi connectivity index (χ1) is 16.5. The highest BCUT2D eigenvalue weighted by Crippen LogP contribution is 2.39. The van der Waals surface area contributed by atoms with Gasteiger partial charge in [0.15, 0.2) is 0 Å². The molecule has 1 amide bonds. The Labute approximate surface area is 209 Å². The van der Waals surface area contributed by atoms with Gasteiger partial charge in [0.25, 0.3) is 5.91 Å². The largest absolute Gasteiger partial charge is 0.493 e. The van der Waals surface area contributed by atoms with Gasteiger partial charge in [-0.05, 0) is 107 Å². The number of hydrogen-bond donors (Lipinski definition) is 1. The van der Waals surface area contributed by atoms with E-state index in [1.54, 1.807) is 12.1 Å². The highest BCUT2D eigenvalue weighted by atomic mass is 35.5. The van der Waals surface area contributed by atoms with E-state index in [4.69, 9.17) is 16.3 Å². The van der Waals surface area contributed by atoms with E-state index < -0.39 is 0 Å². The second-order valence-electron chi connectivity index (χ2n) is 9.66. The maximum absolute atomic E-state index is 13.1. The normalized spacial score (nSPS) is 20.8. The molecule has 184 valence electrons. The number of hydrogen-bond acceptors (Lipinski definition) is 4. The number of carbonyl (C=O) groups excluding carboxylic acids is 1. The molecule has 0 saturated carbocycles. The number of fused-ring (bicyclic) bond motifs is 1. The van der Waals surface area contributed by atoms with Crippen LogP contribution in [0.1, 0.15) is 65.2 Å². The van der Waals surface area contributed by atoms with Gasteiger partial charge in [-0.25, -0.2) is 0 Å². The lowest BCUT2D eigenvalue weighted by Gasteiger charge is -2.48. The van der Waals surface area contributed by atoms with Gasteiger partial charge in [-0.1, -0.05) is 17.7 Å². The summed E-state index contributed by atoms with van der Waals surface area (Å²) >= 11 is 6.00. The van der Waals surface area contributed by atoms with Crippen molar-refractivity contribution in [3.05, 3.63) is 63.7 Å². The summed E-state index contributed by atoms with van der Waals surface area (Å²) in [4.78, 5) is 17.7. The Bertz CT molecular complexity index is 978. The van der Waals surface area contributed by atoms with Crippen molar-refractivity contribution in [3.8, 4) is 5.75 Å². The van der Waals surface area contributed by atoms with Crippen molar-refractivity contribution in [2.24, 2.45) is 0 Å². The zero-order chi connectivity index (χ0) is 24.1. The van der Waals surface area contributed by atoms with Crippen LogP contribution in [0.4, 0.5) is 0 Å². The van der Waals surface area contributed by atoms with E-state index >= 15 is 0 Å². The summed E-state index contributed by atoms with van der Waals surface area (Å²) in [5.74, 6) is 1.12. The minimum absolute atomic E-state index is 0.113. The lowest BCUT2D eigenvalue weighted by atomic mass is 9.86. The second kappa shape index (κ2) is 11.6. The van der Waals surface area contributed by atoms with Gasteiger partial charge in [-0.15, -0.1) is 0 Å². The number of carbonyl (C=O) groups is 1. The molecule has 0 bridgehead atoms. The molecule has 6 heteroatoms. The summed E-state index contributed by atoms with van der Waals surface area (Å²) in [6, 6.07) is 12.5. The molecule has 1 N–H and O–H groups in total. The van der Waals surface area contributed by atoms with E-state index in [1.165, 1.54) is 29.5 Å². The molecule has 0 spiro atoms. The van der Waals surface area contributed by atoms with Crippen molar-refractivity contribution in [1.82, 2.24) is 15.1 Å². The quantitative estimate of drug-likeness (QED) is 0.511. The number of rotatable bonds is 8. The molecule has 0 aromatic heterocycles. The van der Waals surface area contributed by atoms with Crippen molar-refractivity contribution < 1.29 is 9.53 Å². The van der Waals surface area contributed by atoms with Crippen LogP contribution in [0.15, 0.2) is 36.4 Å². The number of piperazine rings is 1. The molecule has 2 atom stereocenters. The first kappa shape index (κ1) is 25.0. The van der Waals surface area contributed by atoms with Crippen molar-refractivity contribution in [3.63, 3.8) is 0 Å². The smallest absolute Gasteiger partial charge is 0.253 e. The molecule has 2 aliphatic rings. The van der Waals surface area contributed by atoms with Crippen molar-refractivity contribution in [1.29, 1.82) is 0 Å². The van der Waals surface area contributed by atoms with Crippen LogP contribution in [0.2, 0.25) is 5.02 Å². The maximum Gasteiger partial charge on any atom is 0.253 e. The number of ether oxygens (including phenoxy) is 1. The van der Waals surface area contributed by atoms with Crippen LogP contribution in [-0.2, 0) is 0 Å². The van der Waals surface area contributed by atoms with E-state index in [0.717, 1.165) is 63.4 Å². The lowest BCUT2D eigenvalue weighted by molar-refractivity contribution is 0.0101. The molecule has 2 aromatic carbocycles. The molecule has 2 fully saturated rings. The van der Waals surface area contributed by atoms with Crippen molar-refractivity contribution >= 4 is 17.5 Å². The van der Waals surface area contributed by atoms with Crippen molar-refractivity contribution in [2.45, 2.75) is 58.0 Å². The average Bonchev–Trinajstić information content (AvgIpc) is 2.86. The molecule has 5 nitrogen and oxygen atoms in total. The zero-order valence-corrected chi connectivity index (χ0v) is 21.5. The standard InChI is InChI=1S/C28H38ClN3O2/c1-20-21(2)27(34-18-5-4-15-30-3)14-13-25(20)26-8-6-7-24-19-31(16-17-32(24)26)28(33)22-9-11-23(29)12-10-22/h9-14,24,26,30H,4-8,15-19H2,1-3H3. The van der Waals surface area contributed by atoms with Crippen LogP contribution in [0, 0.1) is 13.8 Å². The predicted octanol–water partition coefficient (Wildman–Crippen LogP) is 5.39. The number of nitrogens with one attached hydrogen (secondary N) is 1. The van der Waals surface area contributed by atoms with Gasteiger partial charge in [0, 0.05) is 42.3 Å². The number of nitrogens with zero attached hydrogens (tertiary/aromatic N) is 2. The number of benzene rings is 2. The number of halogens is 1. The Morgan fingerprint density at radius 2 is 1.85 bits per heavy atom. The van der Waals surface area contributed by atoms with Gasteiger partial charge in [0.1, 0.15) is 5.75 Å². The molecule has 4 rings (SSSR count). The minimum Gasteiger partial charge on any atom is -0.493 e. The maximum atomic E-state index is 13.1. The lowest BCUT2D eigenvalue weighted by Crippen LogP contribution is -2.57. The van der Waals surface area contributed by atoms with Gasteiger partial charge < -0.3 is 15.0 Å². The highest BCUT2D eigenvalue weighted by molar-refractivity contribution is 6.30. The van der Waals surface area contributed by atoms with E-state index in [9.17, 15) is 4.79 Å². The Kier molecular flexibility index (Phi) is 8.51. The first-order valence-electron chi connectivity index (χ1n) is 12.7. The van der Waals surface area contributed by atoms with Crippen molar-refractivity contribution in [2.75, 3.05) is 39.8 Å². The minimum atomic E-state index is 0.113. The van der Waals surface area contributed by atoms with E-state index in [0.29, 0.717) is 17.1 Å². The topological polar surface area (TPSA) is 44.8 Å². The fourth-order valence-corrected chi connectivity index (χ4v) is 5.59. The monoisotopic (exact) mass is 483 g/mol. The molecule has 0 radical (unpaired) electrons. The van der Waals surface area contributed by atoms with Crippen LogP contribution in [0.25, 0.3) is 0 Å². The summed E-state index contributed by atoms with van der Waals surface area (Å²) in [6.07, 6.45) is 5.70. The number of piperidine rings is 1. The van der Waals surface area contributed by atoms with Gasteiger partial charge >= 0.3 is 0 Å². The third-order valence-corrected chi connectivity index (χ3v) is 7.79. The molecular weight excluding hydrogens is 446 g/mol. The molecule has 34 heavy (non-hydrogen) atoms. The Balaban J connectivity index is 1.42. The fourth-order valence-electron chi connectivity index (χ4n) is 5.46. The molecule has 2 unspecified atom stereocenters. The average molecular weight is 484 g/mol. The van der Waals surface area contributed by atoms with Gasteiger partial charge in [-0.2, -0.15) is 0 Å². The van der Waals surface area contributed by atoms with Gasteiger partial charge in [-0.3, -0.25) is 9.69 Å². The molecule has 2 heterocycles. The SMILES string of the molecule is CNCCCCOc1ccc(C2CCCC3CN(C(=O)c4ccc(Cl)cc4)CCN32)c(C)c1C. The third-order valence-electron chi connectivity index (χ3n) is 7.54.